The van der Waals surface area contributed by atoms with Crippen molar-refractivity contribution in [3.8, 4) is 0 Å². The van der Waals surface area contributed by atoms with Crippen LogP contribution in [-0.4, -0.2) is 23.6 Å². The summed E-state index contributed by atoms with van der Waals surface area (Å²) in [5.41, 5.74) is 2.13. The molecular formula is C19H27NO4. The zero-order chi connectivity index (χ0) is 17.4. The van der Waals surface area contributed by atoms with E-state index in [-0.39, 0.29) is 17.7 Å². The van der Waals surface area contributed by atoms with Crippen molar-refractivity contribution < 1.29 is 19.4 Å². The standard InChI is InChI=1S/C19H27NO4/c1-2-10-24-13-17-7-4-3-6-16(17)12-20-18(21)14-8-5-9-15(11-14)19(22)23/h3-4,6-7,14-15H,2,5,8-13H2,1H3,(H,20,21)(H,22,23). The molecule has 2 unspecified atom stereocenters. The average molecular weight is 333 g/mol. The second kappa shape index (κ2) is 9.42. The van der Waals surface area contributed by atoms with Gasteiger partial charge in [-0.05, 0) is 36.8 Å². The molecule has 0 aliphatic heterocycles. The summed E-state index contributed by atoms with van der Waals surface area (Å²) in [7, 11) is 0. The van der Waals surface area contributed by atoms with E-state index in [2.05, 4.69) is 12.2 Å². The molecule has 132 valence electrons. The molecule has 2 atom stereocenters. The Hall–Kier alpha value is -1.88. The Morgan fingerprint density at radius 3 is 2.62 bits per heavy atom. The maximum Gasteiger partial charge on any atom is 0.306 e. The van der Waals surface area contributed by atoms with E-state index in [0.29, 0.717) is 26.0 Å². The summed E-state index contributed by atoms with van der Waals surface area (Å²) in [4.78, 5) is 23.5. The van der Waals surface area contributed by atoms with Crippen LogP contribution in [-0.2, 0) is 27.5 Å². The topological polar surface area (TPSA) is 75.6 Å². The molecule has 2 rings (SSSR count). The Labute approximate surface area is 143 Å². The highest BCUT2D eigenvalue weighted by Gasteiger charge is 2.30. The maximum atomic E-state index is 12.4. The third-order valence-corrected chi connectivity index (χ3v) is 4.57. The maximum absolute atomic E-state index is 12.4. The van der Waals surface area contributed by atoms with Gasteiger partial charge in [0.2, 0.25) is 5.91 Å². The second-order valence-electron chi connectivity index (χ2n) is 6.44. The van der Waals surface area contributed by atoms with Gasteiger partial charge in [-0.3, -0.25) is 9.59 Å². The van der Waals surface area contributed by atoms with Crippen LogP contribution in [0, 0.1) is 11.8 Å². The summed E-state index contributed by atoms with van der Waals surface area (Å²) in [5.74, 6) is -1.40. The van der Waals surface area contributed by atoms with Crippen LogP contribution >= 0.6 is 0 Å². The van der Waals surface area contributed by atoms with Gasteiger partial charge in [0, 0.05) is 19.1 Å². The molecule has 1 aliphatic carbocycles. The van der Waals surface area contributed by atoms with Crippen molar-refractivity contribution in [3.05, 3.63) is 35.4 Å². The number of carbonyl (C=O) groups is 2. The fraction of sp³-hybridized carbons (Fsp3) is 0.579. The Morgan fingerprint density at radius 2 is 1.92 bits per heavy atom. The van der Waals surface area contributed by atoms with Gasteiger partial charge in [-0.2, -0.15) is 0 Å². The van der Waals surface area contributed by atoms with Crippen molar-refractivity contribution in [2.24, 2.45) is 11.8 Å². The van der Waals surface area contributed by atoms with E-state index in [0.717, 1.165) is 37.0 Å². The number of amides is 1. The van der Waals surface area contributed by atoms with Crippen LogP contribution in [0.25, 0.3) is 0 Å². The van der Waals surface area contributed by atoms with Crippen molar-refractivity contribution in [1.29, 1.82) is 0 Å². The Balaban J connectivity index is 1.88. The molecule has 2 N–H and O–H groups in total. The van der Waals surface area contributed by atoms with Gasteiger partial charge in [0.25, 0.3) is 0 Å². The first-order valence-corrected chi connectivity index (χ1v) is 8.76. The molecule has 5 heteroatoms. The summed E-state index contributed by atoms with van der Waals surface area (Å²) in [6.07, 6.45) is 3.68. The minimum atomic E-state index is -0.786. The molecule has 0 bridgehead atoms. The van der Waals surface area contributed by atoms with Gasteiger partial charge in [-0.25, -0.2) is 0 Å². The Bertz CT molecular complexity index is 558. The summed E-state index contributed by atoms with van der Waals surface area (Å²) in [6, 6.07) is 7.92. The second-order valence-corrected chi connectivity index (χ2v) is 6.44. The summed E-state index contributed by atoms with van der Waals surface area (Å²) >= 11 is 0. The van der Waals surface area contributed by atoms with Gasteiger partial charge in [-0.15, -0.1) is 0 Å². The molecule has 1 aromatic rings. The van der Waals surface area contributed by atoms with Gasteiger partial charge in [-0.1, -0.05) is 37.6 Å². The smallest absolute Gasteiger partial charge is 0.306 e. The van der Waals surface area contributed by atoms with Gasteiger partial charge in [0.15, 0.2) is 0 Å². The number of carboxylic acids is 1. The lowest BCUT2D eigenvalue weighted by atomic mass is 9.81. The summed E-state index contributed by atoms with van der Waals surface area (Å²) in [5, 5.41) is 12.1. The van der Waals surface area contributed by atoms with Crippen LogP contribution < -0.4 is 5.32 Å². The fourth-order valence-corrected chi connectivity index (χ4v) is 3.18. The van der Waals surface area contributed by atoms with Crippen molar-refractivity contribution in [2.45, 2.75) is 52.2 Å². The first kappa shape index (κ1) is 18.5. The zero-order valence-corrected chi connectivity index (χ0v) is 14.3. The van der Waals surface area contributed by atoms with Crippen LogP contribution in [0.5, 0.6) is 0 Å². The normalized spacial score (nSPS) is 20.5. The monoisotopic (exact) mass is 333 g/mol. The molecule has 1 fully saturated rings. The molecule has 5 nitrogen and oxygen atoms in total. The highest BCUT2D eigenvalue weighted by molar-refractivity contribution is 5.80. The molecule has 1 saturated carbocycles. The highest BCUT2D eigenvalue weighted by atomic mass is 16.5. The summed E-state index contributed by atoms with van der Waals surface area (Å²) < 4.78 is 5.60. The summed E-state index contributed by atoms with van der Waals surface area (Å²) in [6.45, 7) is 3.79. The molecule has 1 aromatic carbocycles. The SMILES string of the molecule is CCCOCc1ccccc1CNC(=O)C1CCCC(C(=O)O)C1. The Kier molecular flexibility index (Phi) is 7.25. The van der Waals surface area contributed by atoms with Crippen LogP contribution in [0.15, 0.2) is 24.3 Å². The lowest BCUT2D eigenvalue weighted by Crippen LogP contribution is -2.35. The predicted molar refractivity (Wildman–Crippen MR) is 91.3 cm³/mol. The minimum absolute atomic E-state index is 0.0368. The number of hydrogen-bond acceptors (Lipinski definition) is 3. The number of carbonyl (C=O) groups excluding carboxylic acids is 1. The number of aliphatic carboxylic acids is 1. The van der Waals surface area contributed by atoms with Crippen molar-refractivity contribution in [2.75, 3.05) is 6.61 Å². The molecular weight excluding hydrogens is 306 g/mol. The number of rotatable bonds is 8. The third-order valence-electron chi connectivity index (χ3n) is 4.57. The molecule has 24 heavy (non-hydrogen) atoms. The number of carboxylic acid groups (broad SMARTS) is 1. The molecule has 1 aliphatic rings. The van der Waals surface area contributed by atoms with E-state index in [4.69, 9.17) is 9.84 Å². The third kappa shape index (κ3) is 5.34. The van der Waals surface area contributed by atoms with Crippen molar-refractivity contribution in [1.82, 2.24) is 5.32 Å². The number of benzene rings is 1. The lowest BCUT2D eigenvalue weighted by Gasteiger charge is -2.25. The number of nitrogens with one attached hydrogen (secondary N) is 1. The van der Waals surface area contributed by atoms with Crippen molar-refractivity contribution >= 4 is 11.9 Å². The average Bonchev–Trinajstić information content (AvgIpc) is 2.61. The van der Waals surface area contributed by atoms with Gasteiger partial charge < -0.3 is 15.2 Å². The van der Waals surface area contributed by atoms with Gasteiger partial charge >= 0.3 is 5.97 Å². The van der Waals surface area contributed by atoms with E-state index in [9.17, 15) is 9.59 Å². The van der Waals surface area contributed by atoms with Gasteiger partial charge in [0.1, 0.15) is 0 Å². The number of ether oxygens (including phenoxy) is 1. The predicted octanol–water partition coefficient (Wildman–Crippen LogP) is 3.12. The molecule has 0 saturated heterocycles. The molecule has 0 spiro atoms. The van der Waals surface area contributed by atoms with E-state index < -0.39 is 5.97 Å². The van der Waals surface area contributed by atoms with Crippen molar-refractivity contribution in [3.63, 3.8) is 0 Å². The minimum Gasteiger partial charge on any atom is -0.481 e. The molecule has 0 aromatic heterocycles. The van der Waals surface area contributed by atoms with Crippen LogP contribution in [0.2, 0.25) is 0 Å². The Morgan fingerprint density at radius 1 is 1.21 bits per heavy atom. The fourth-order valence-electron chi connectivity index (χ4n) is 3.18. The highest BCUT2D eigenvalue weighted by Crippen LogP contribution is 2.29. The molecule has 0 heterocycles. The number of hydrogen-bond donors (Lipinski definition) is 2. The quantitative estimate of drug-likeness (QED) is 0.717. The van der Waals surface area contributed by atoms with Crippen LogP contribution in [0.4, 0.5) is 0 Å². The first-order chi connectivity index (χ1) is 11.6. The van der Waals surface area contributed by atoms with E-state index in [1.807, 2.05) is 24.3 Å². The van der Waals surface area contributed by atoms with E-state index >= 15 is 0 Å². The van der Waals surface area contributed by atoms with E-state index in [1.54, 1.807) is 0 Å². The van der Waals surface area contributed by atoms with Crippen LogP contribution in [0.1, 0.15) is 50.2 Å². The molecule has 1 amide bonds. The zero-order valence-electron chi connectivity index (χ0n) is 14.3. The largest absolute Gasteiger partial charge is 0.481 e. The van der Waals surface area contributed by atoms with E-state index in [1.165, 1.54) is 0 Å². The molecule has 0 radical (unpaired) electrons. The van der Waals surface area contributed by atoms with Gasteiger partial charge in [0.05, 0.1) is 12.5 Å². The lowest BCUT2D eigenvalue weighted by molar-refractivity contribution is -0.144. The first-order valence-electron chi connectivity index (χ1n) is 8.76. The van der Waals surface area contributed by atoms with Crippen LogP contribution in [0.3, 0.4) is 0 Å².